The third kappa shape index (κ3) is 1.49. The second kappa shape index (κ2) is 3.83. The summed E-state index contributed by atoms with van der Waals surface area (Å²) in [5, 5.41) is 10.4. The van der Waals surface area contributed by atoms with Crippen LogP contribution in [0.4, 0.5) is 0 Å². The first-order valence-corrected chi connectivity index (χ1v) is 6.99. The molecule has 2 saturated carbocycles. The highest BCUT2D eigenvalue weighted by Gasteiger charge is 2.56. The van der Waals surface area contributed by atoms with Gasteiger partial charge in [-0.25, -0.2) is 0 Å². The lowest BCUT2D eigenvalue weighted by molar-refractivity contribution is -0.148. The Balaban J connectivity index is 1.92. The molecule has 3 heteroatoms. The van der Waals surface area contributed by atoms with E-state index >= 15 is 0 Å². The van der Waals surface area contributed by atoms with Gasteiger partial charge in [0.25, 0.3) is 0 Å². The molecule has 0 aromatic rings. The Bertz CT molecular complexity index is 403. The number of allylic oxidation sites excluding steroid dienone is 1. The minimum atomic E-state index is -0.288. The second-order valence-corrected chi connectivity index (χ2v) is 6.64. The molecule has 0 radical (unpaired) electrons. The maximum absolute atomic E-state index is 11.7. The first-order valence-electron chi connectivity index (χ1n) is 6.99. The van der Waals surface area contributed by atoms with Crippen molar-refractivity contribution in [2.75, 3.05) is 0 Å². The van der Waals surface area contributed by atoms with Crippen LogP contribution in [-0.4, -0.2) is 23.3 Å². The van der Waals surface area contributed by atoms with Crippen molar-refractivity contribution in [3.63, 3.8) is 0 Å². The molecule has 0 aromatic heterocycles. The highest BCUT2D eigenvalue weighted by Crippen LogP contribution is 2.56. The number of hydrogen-bond donors (Lipinski definition) is 1. The number of carbonyl (C=O) groups is 1. The molecule has 3 rings (SSSR count). The van der Waals surface area contributed by atoms with Crippen LogP contribution in [0.15, 0.2) is 12.2 Å². The Labute approximate surface area is 108 Å². The van der Waals surface area contributed by atoms with E-state index in [1.165, 1.54) is 5.57 Å². The molecule has 3 nitrogen and oxygen atoms in total. The Hall–Kier alpha value is -0.830. The molecule has 100 valence electrons. The first kappa shape index (κ1) is 12.2. The number of fused-ring (bicyclic) bond motifs is 2. The highest BCUT2D eigenvalue weighted by molar-refractivity contribution is 5.75. The summed E-state index contributed by atoms with van der Waals surface area (Å²) >= 11 is 0. The molecule has 0 spiro atoms. The van der Waals surface area contributed by atoms with E-state index in [0.29, 0.717) is 11.8 Å². The zero-order valence-electron chi connectivity index (χ0n) is 11.2. The Morgan fingerprint density at radius 3 is 2.94 bits per heavy atom. The van der Waals surface area contributed by atoms with Gasteiger partial charge in [0, 0.05) is 11.3 Å². The number of esters is 1. The summed E-state index contributed by atoms with van der Waals surface area (Å²) in [5.74, 6) is 0.607. The molecule has 6 unspecified atom stereocenters. The van der Waals surface area contributed by atoms with E-state index in [0.717, 1.165) is 25.7 Å². The molecular formula is C15H22O3. The average molecular weight is 250 g/mol. The SMILES string of the molecule is C=C1CCC(O)C2(C)CC3OC(=O)C(C)C3CC12. The molecule has 6 atom stereocenters. The van der Waals surface area contributed by atoms with Gasteiger partial charge in [-0.2, -0.15) is 0 Å². The number of carbonyl (C=O) groups excluding carboxylic acids is 1. The van der Waals surface area contributed by atoms with Gasteiger partial charge in [0.2, 0.25) is 0 Å². The fourth-order valence-electron chi connectivity index (χ4n) is 4.33. The van der Waals surface area contributed by atoms with E-state index in [1.807, 2.05) is 6.92 Å². The smallest absolute Gasteiger partial charge is 0.309 e. The molecule has 1 heterocycles. The van der Waals surface area contributed by atoms with E-state index in [-0.39, 0.29) is 29.5 Å². The normalized spacial score (nSPS) is 51.6. The van der Waals surface area contributed by atoms with Crippen LogP contribution in [0.3, 0.4) is 0 Å². The molecule has 18 heavy (non-hydrogen) atoms. The summed E-state index contributed by atoms with van der Waals surface area (Å²) in [6, 6.07) is 0. The molecule has 2 aliphatic carbocycles. The van der Waals surface area contributed by atoms with Crippen LogP contribution in [0.1, 0.15) is 39.5 Å². The number of rotatable bonds is 0. The Kier molecular flexibility index (Phi) is 2.60. The number of aliphatic hydroxyl groups excluding tert-OH is 1. The minimum Gasteiger partial charge on any atom is -0.462 e. The lowest BCUT2D eigenvalue weighted by Crippen LogP contribution is -2.51. The largest absolute Gasteiger partial charge is 0.462 e. The molecule has 1 N–H and O–H groups in total. The molecule has 1 saturated heterocycles. The summed E-state index contributed by atoms with van der Waals surface area (Å²) in [6.07, 6.45) is 3.18. The summed E-state index contributed by atoms with van der Waals surface area (Å²) in [7, 11) is 0. The lowest BCUT2D eigenvalue weighted by atomic mass is 9.54. The van der Waals surface area contributed by atoms with Crippen LogP contribution < -0.4 is 0 Å². The molecule has 0 aromatic carbocycles. The predicted octanol–water partition coefficient (Wildman–Crippen LogP) is 2.29. The van der Waals surface area contributed by atoms with Gasteiger partial charge >= 0.3 is 5.97 Å². The Morgan fingerprint density at radius 2 is 2.22 bits per heavy atom. The zero-order valence-corrected chi connectivity index (χ0v) is 11.2. The molecular weight excluding hydrogens is 228 g/mol. The highest BCUT2D eigenvalue weighted by atomic mass is 16.6. The molecule has 0 amide bonds. The van der Waals surface area contributed by atoms with Crippen LogP contribution in [0, 0.1) is 23.2 Å². The van der Waals surface area contributed by atoms with Crippen LogP contribution >= 0.6 is 0 Å². The van der Waals surface area contributed by atoms with Crippen molar-refractivity contribution in [3.05, 3.63) is 12.2 Å². The van der Waals surface area contributed by atoms with Gasteiger partial charge in [0.05, 0.1) is 12.0 Å². The van der Waals surface area contributed by atoms with Crippen molar-refractivity contribution in [3.8, 4) is 0 Å². The Morgan fingerprint density at radius 1 is 1.50 bits per heavy atom. The molecule has 1 aliphatic heterocycles. The van der Waals surface area contributed by atoms with Crippen molar-refractivity contribution in [2.45, 2.75) is 51.7 Å². The molecule has 3 aliphatic rings. The first-order chi connectivity index (χ1) is 8.43. The van der Waals surface area contributed by atoms with Crippen molar-refractivity contribution in [1.29, 1.82) is 0 Å². The summed E-state index contributed by atoms with van der Waals surface area (Å²) in [5.41, 5.74) is 1.11. The standard InChI is InChI=1S/C15H22O3/c1-8-4-5-13(16)15(3)7-12-10(6-11(8)15)9(2)14(17)18-12/h9-13,16H,1,4-7H2,2-3H3. The summed E-state index contributed by atoms with van der Waals surface area (Å²) in [4.78, 5) is 11.7. The van der Waals surface area contributed by atoms with Gasteiger partial charge in [-0.3, -0.25) is 4.79 Å². The molecule has 0 bridgehead atoms. The van der Waals surface area contributed by atoms with Crippen molar-refractivity contribution >= 4 is 5.97 Å². The van der Waals surface area contributed by atoms with Gasteiger partial charge in [-0.1, -0.05) is 26.0 Å². The third-order valence-electron chi connectivity index (χ3n) is 5.70. The number of hydrogen-bond acceptors (Lipinski definition) is 3. The van der Waals surface area contributed by atoms with E-state index < -0.39 is 0 Å². The van der Waals surface area contributed by atoms with E-state index in [1.54, 1.807) is 0 Å². The van der Waals surface area contributed by atoms with Crippen LogP contribution in [0.5, 0.6) is 0 Å². The monoisotopic (exact) mass is 250 g/mol. The zero-order chi connectivity index (χ0) is 13.1. The lowest BCUT2D eigenvalue weighted by Gasteiger charge is -2.52. The van der Waals surface area contributed by atoms with Crippen LogP contribution in [0.2, 0.25) is 0 Å². The van der Waals surface area contributed by atoms with Gasteiger partial charge in [0.15, 0.2) is 0 Å². The van der Waals surface area contributed by atoms with E-state index in [4.69, 9.17) is 4.74 Å². The summed E-state index contributed by atoms with van der Waals surface area (Å²) in [6.45, 7) is 8.31. The molecule has 3 fully saturated rings. The minimum absolute atomic E-state index is 0.00594. The van der Waals surface area contributed by atoms with Gasteiger partial charge in [0.1, 0.15) is 6.10 Å². The van der Waals surface area contributed by atoms with Crippen LogP contribution in [-0.2, 0) is 9.53 Å². The number of aliphatic hydroxyl groups is 1. The van der Waals surface area contributed by atoms with Crippen molar-refractivity contribution in [2.24, 2.45) is 23.2 Å². The topological polar surface area (TPSA) is 46.5 Å². The maximum atomic E-state index is 11.7. The quantitative estimate of drug-likeness (QED) is 0.530. The van der Waals surface area contributed by atoms with E-state index in [9.17, 15) is 9.90 Å². The fourth-order valence-corrected chi connectivity index (χ4v) is 4.33. The van der Waals surface area contributed by atoms with Crippen molar-refractivity contribution in [1.82, 2.24) is 0 Å². The van der Waals surface area contributed by atoms with Crippen LogP contribution in [0.25, 0.3) is 0 Å². The summed E-state index contributed by atoms with van der Waals surface area (Å²) < 4.78 is 5.50. The second-order valence-electron chi connectivity index (χ2n) is 6.64. The van der Waals surface area contributed by atoms with Crippen molar-refractivity contribution < 1.29 is 14.6 Å². The van der Waals surface area contributed by atoms with Gasteiger partial charge < -0.3 is 9.84 Å². The number of ether oxygens (including phenoxy) is 1. The fraction of sp³-hybridized carbons (Fsp3) is 0.800. The van der Waals surface area contributed by atoms with Gasteiger partial charge in [-0.15, -0.1) is 0 Å². The van der Waals surface area contributed by atoms with Gasteiger partial charge in [-0.05, 0) is 31.6 Å². The average Bonchev–Trinajstić information content (AvgIpc) is 2.58. The maximum Gasteiger partial charge on any atom is 0.309 e. The third-order valence-corrected chi connectivity index (χ3v) is 5.70. The van der Waals surface area contributed by atoms with E-state index in [2.05, 4.69) is 13.5 Å². The predicted molar refractivity (Wildman–Crippen MR) is 67.7 cm³/mol.